The third-order valence-corrected chi connectivity index (χ3v) is 7.14. The number of nitrogens with zero attached hydrogens (tertiary/aromatic N) is 3. The molecule has 1 aromatic heterocycles. The molecule has 4 rings (SSSR count). The lowest BCUT2D eigenvalue weighted by atomic mass is 9.91. The fraction of sp³-hybridized carbons (Fsp3) is 0.556. The van der Waals surface area contributed by atoms with Gasteiger partial charge in [-0.2, -0.15) is 5.10 Å². The van der Waals surface area contributed by atoms with Crippen LogP contribution in [0.4, 0.5) is 5.69 Å². The van der Waals surface area contributed by atoms with Crippen LogP contribution in [0.15, 0.2) is 30.3 Å². The van der Waals surface area contributed by atoms with E-state index in [0.717, 1.165) is 37.7 Å². The fourth-order valence-corrected chi connectivity index (χ4v) is 5.15. The van der Waals surface area contributed by atoms with Gasteiger partial charge in [-0.05, 0) is 50.8 Å². The number of aromatic nitrogens is 2. The molecule has 0 unspecified atom stereocenters. The van der Waals surface area contributed by atoms with Gasteiger partial charge < -0.3 is 10.1 Å². The Morgan fingerprint density at radius 1 is 1.11 bits per heavy atom. The Balaban J connectivity index is 1.72. The van der Waals surface area contributed by atoms with Crippen molar-refractivity contribution in [3.63, 3.8) is 0 Å². The van der Waals surface area contributed by atoms with Gasteiger partial charge in [-0.15, -0.1) is 0 Å². The van der Waals surface area contributed by atoms with Crippen molar-refractivity contribution in [3.8, 4) is 0 Å². The number of carbonyl (C=O) groups is 3. The van der Waals surface area contributed by atoms with Crippen molar-refractivity contribution < 1.29 is 19.1 Å². The van der Waals surface area contributed by atoms with Crippen LogP contribution in [0.3, 0.4) is 0 Å². The van der Waals surface area contributed by atoms with E-state index in [1.54, 1.807) is 18.7 Å². The highest BCUT2D eigenvalue weighted by molar-refractivity contribution is 6.12. The maximum absolute atomic E-state index is 13.9. The molecular weight excluding hydrogens is 444 g/mol. The van der Waals surface area contributed by atoms with Crippen LogP contribution in [-0.2, 0) is 22.5 Å². The molecule has 2 aromatic rings. The Labute approximate surface area is 207 Å². The number of nitrogens with one attached hydrogen (secondary N) is 1. The molecule has 1 aliphatic carbocycles. The van der Waals surface area contributed by atoms with Crippen LogP contribution in [0.25, 0.3) is 0 Å². The van der Waals surface area contributed by atoms with Gasteiger partial charge in [-0.25, -0.2) is 4.79 Å². The highest BCUT2D eigenvalue weighted by atomic mass is 16.5. The van der Waals surface area contributed by atoms with E-state index in [1.165, 1.54) is 30.0 Å². The summed E-state index contributed by atoms with van der Waals surface area (Å²) in [5.74, 6) is -1.14. The van der Waals surface area contributed by atoms with Gasteiger partial charge in [0, 0.05) is 17.8 Å². The van der Waals surface area contributed by atoms with Gasteiger partial charge in [0.2, 0.25) is 5.91 Å². The molecule has 0 radical (unpaired) electrons. The minimum atomic E-state index is -1.21. The molecule has 1 aliphatic heterocycles. The van der Waals surface area contributed by atoms with Crippen molar-refractivity contribution in [1.82, 2.24) is 15.1 Å². The van der Waals surface area contributed by atoms with E-state index < -0.39 is 11.5 Å². The number of ether oxygens (including phenoxy) is 1. The number of benzene rings is 1. The lowest BCUT2D eigenvalue weighted by Gasteiger charge is -2.44. The maximum Gasteiger partial charge on any atom is 0.358 e. The number of hydrogen-bond acceptors (Lipinski definition) is 5. The SMILES string of the molecule is CCOC(=O)c1cc2n(n1)C[C@](C)(C(=O)NC1CCCCCCC1)N(c1cccc(CC)c1)C2=O. The summed E-state index contributed by atoms with van der Waals surface area (Å²) in [6.45, 7) is 5.92. The number of rotatable bonds is 6. The predicted molar refractivity (Wildman–Crippen MR) is 133 cm³/mol. The molecule has 35 heavy (non-hydrogen) atoms. The summed E-state index contributed by atoms with van der Waals surface area (Å²) in [6.07, 6.45) is 8.51. The predicted octanol–water partition coefficient (Wildman–Crippen LogP) is 4.27. The van der Waals surface area contributed by atoms with Crippen molar-refractivity contribution >= 4 is 23.5 Å². The van der Waals surface area contributed by atoms with E-state index in [0.29, 0.717) is 5.69 Å². The van der Waals surface area contributed by atoms with Crippen LogP contribution in [0.1, 0.15) is 92.3 Å². The molecule has 2 heterocycles. The molecule has 8 nitrogen and oxygen atoms in total. The van der Waals surface area contributed by atoms with E-state index in [1.807, 2.05) is 24.3 Å². The second kappa shape index (κ2) is 10.6. The van der Waals surface area contributed by atoms with Gasteiger partial charge in [0.1, 0.15) is 11.2 Å². The highest BCUT2D eigenvalue weighted by Gasteiger charge is 2.49. The summed E-state index contributed by atoms with van der Waals surface area (Å²) in [5.41, 5.74) is 0.865. The van der Waals surface area contributed by atoms with Gasteiger partial charge in [-0.1, -0.05) is 51.2 Å². The second-order valence-corrected chi connectivity index (χ2v) is 9.75. The van der Waals surface area contributed by atoms with Crippen LogP contribution in [0.5, 0.6) is 0 Å². The molecule has 1 saturated carbocycles. The zero-order valence-corrected chi connectivity index (χ0v) is 21.0. The van der Waals surface area contributed by atoms with Crippen molar-refractivity contribution in [1.29, 1.82) is 0 Å². The molecule has 0 saturated heterocycles. The molecule has 1 fully saturated rings. The number of fused-ring (bicyclic) bond motifs is 1. The Kier molecular flexibility index (Phi) is 7.57. The molecule has 0 bridgehead atoms. The number of aryl methyl sites for hydroxylation is 1. The molecule has 2 amide bonds. The standard InChI is InChI=1S/C27H36N4O4/c1-4-19-12-11-15-21(16-19)31-24(32)23-17-22(25(33)35-5-2)29-30(23)18-27(31,3)26(34)28-20-13-9-7-6-8-10-14-20/h11-12,15-17,20H,4-10,13-14,18H2,1-3H3,(H,28,34)/t27-/m1/s1. The number of esters is 1. The average Bonchev–Trinajstić information content (AvgIpc) is 3.25. The average molecular weight is 481 g/mol. The first kappa shape index (κ1) is 24.9. The van der Waals surface area contributed by atoms with Crippen molar-refractivity contribution in [3.05, 3.63) is 47.3 Å². The summed E-state index contributed by atoms with van der Waals surface area (Å²) >= 11 is 0. The molecule has 1 aromatic carbocycles. The van der Waals surface area contributed by atoms with E-state index in [9.17, 15) is 14.4 Å². The van der Waals surface area contributed by atoms with E-state index in [4.69, 9.17) is 4.74 Å². The normalized spacial score (nSPS) is 21.1. The number of carbonyl (C=O) groups excluding carboxylic acids is 3. The number of hydrogen-bond donors (Lipinski definition) is 1. The zero-order chi connectivity index (χ0) is 25.0. The third kappa shape index (κ3) is 5.11. The molecule has 0 spiro atoms. The monoisotopic (exact) mass is 480 g/mol. The molecule has 2 aliphatic rings. The quantitative estimate of drug-likeness (QED) is 0.623. The van der Waals surface area contributed by atoms with E-state index in [2.05, 4.69) is 17.3 Å². The number of amides is 2. The van der Waals surface area contributed by atoms with Crippen LogP contribution < -0.4 is 10.2 Å². The minimum absolute atomic E-state index is 0.0714. The lowest BCUT2D eigenvalue weighted by molar-refractivity contribution is -0.127. The molecule has 188 valence electrons. The van der Waals surface area contributed by atoms with Gasteiger partial charge >= 0.3 is 5.97 Å². The lowest BCUT2D eigenvalue weighted by Crippen LogP contribution is -2.65. The fourth-order valence-electron chi connectivity index (χ4n) is 5.15. The summed E-state index contributed by atoms with van der Waals surface area (Å²) < 4.78 is 6.56. The molecule has 8 heteroatoms. The van der Waals surface area contributed by atoms with Crippen molar-refractivity contribution in [2.45, 2.75) is 90.3 Å². The minimum Gasteiger partial charge on any atom is -0.461 e. The highest BCUT2D eigenvalue weighted by Crippen LogP contribution is 2.34. The summed E-state index contributed by atoms with van der Waals surface area (Å²) in [5, 5.41) is 7.61. The smallest absolute Gasteiger partial charge is 0.358 e. The first-order chi connectivity index (χ1) is 16.9. The van der Waals surface area contributed by atoms with E-state index >= 15 is 0 Å². The van der Waals surface area contributed by atoms with Gasteiger partial charge in [0.25, 0.3) is 5.91 Å². The number of anilines is 1. The Hall–Kier alpha value is -3.16. The third-order valence-electron chi connectivity index (χ3n) is 7.14. The maximum atomic E-state index is 13.9. The van der Waals surface area contributed by atoms with Gasteiger partial charge in [-0.3, -0.25) is 19.2 Å². The van der Waals surface area contributed by atoms with Crippen LogP contribution >= 0.6 is 0 Å². The van der Waals surface area contributed by atoms with Gasteiger partial charge in [0.05, 0.1) is 13.2 Å². The van der Waals surface area contributed by atoms with Crippen molar-refractivity contribution in [2.24, 2.45) is 0 Å². The molecular formula is C27H36N4O4. The van der Waals surface area contributed by atoms with Crippen LogP contribution in [-0.4, -0.2) is 45.8 Å². The molecule has 1 atom stereocenters. The largest absolute Gasteiger partial charge is 0.461 e. The van der Waals surface area contributed by atoms with E-state index in [-0.39, 0.29) is 42.4 Å². The van der Waals surface area contributed by atoms with Gasteiger partial charge in [0.15, 0.2) is 5.69 Å². The second-order valence-electron chi connectivity index (χ2n) is 9.75. The first-order valence-electron chi connectivity index (χ1n) is 12.9. The molecule has 1 N–H and O–H groups in total. The topological polar surface area (TPSA) is 93.5 Å². The van der Waals surface area contributed by atoms with Crippen LogP contribution in [0.2, 0.25) is 0 Å². The summed E-state index contributed by atoms with van der Waals surface area (Å²) in [7, 11) is 0. The summed E-state index contributed by atoms with van der Waals surface area (Å²) in [6, 6.07) is 9.28. The first-order valence-corrected chi connectivity index (χ1v) is 12.9. The Bertz CT molecular complexity index is 1090. The van der Waals surface area contributed by atoms with Crippen LogP contribution in [0, 0.1) is 0 Å². The zero-order valence-electron chi connectivity index (χ0n) is 21.0. The Morgan fingerprint density at radius 3 is 2.51 bits per heavy atom. The summed E-state index contributed by atoms with van der Waals surface area (Å²) in [4.78, 5) is 41.6. The Morgan fingerprint density at radius 2 is 1.83 bits per heavy atom. The van der Waals surface area contributed by atoms with Crippen molar-refractivity contribution in [2.75, 3.05) is 11.5 Å².